The Kier molecular flexibility index (Phi) is 6.45. The highest BCUT2D eigenvalue weighted by Crippen LogP contribution is 2.17. The second kappa shape index (κ2) is 7.65. The summed E-state index contributed by atoms with van der Waals surface area (Å²) in [5, 5.41) is 0. The first-order valence-electron chi connectivity index (χ1n) is 5.57. The lowest BCUT2D eigenvalue weighted by molar-refractivity contribution is 0.219. The summed E-state index contributed by atoms with van der Waals surface area (Å²) in [6, 6.07) is 7.89. The van der Waals surface area contributed by atoms with Crippen LogP contribution in [0.5, 0.6) is 5.75 Å². The maximum absolute atomic E-state index is 5.65. The lowest BCUT2D eigenvalue weighted by Crippen LogP contribution is -2.32. The molecule has 3 nitrogen and oxygen atoms in total. The fourth-order valence-electron chi connectivity index (χ4n) is 1.46. The van der Waals surface area contributed by atoms with Crippen LogP contribution in [0.4, 0.5) is 0 Å². The molecule has 0 unspecified atom stereocenters. The SMILES string of the molecule is CCN(CCN)CCOc1cccc(Br)c1. The van der Waals surface area contributed by atoms with Gasteiger partial charge in [0.15, 0.2) is 0 Å². The van der Waals surface area contributed by atoms with Crippen LogP contribution in [0, 0.1) is 0 Å². The number of benzene rings is 1. The van der Waals surface area contributed by atoms with Gasteiger partial charge < -0.3 is 10.5 Å². The highest BCUT2D eigenvalue weighted by molar-refractivity contribution is 9.10. The average molecular weight is 287 g/mol. The predicted molar refractivity (Wildman–Crippen MR) is 70.8 cm³/mol. The molecule has 0 spiro atoms. The third-order valence-electron chi connectivity index (χ3n) is 2.36. The number of nitrogens with zero attached hydrogens (tertiary/aromatic N) is 1. The number of nitrogens with two attached hydrogens (primary N) is 1. The first-order valence-corrected chi connectivity index (χ1v) is 6.36. The fourth-order valence-corrected chi connectivity index (χ4v) is 1.84. The van der Waals surface area contributed by atoms with E-state index in [0.29, 0.717) is 13.2 Å². The second-order valence-electron chi connectivity index (χ2n) is 3.53. The second-order valence-corrected chi connectivity index (χ2v) is 4.44. The van der Waals surface area contributed by atoms with Gasteiger partial charge in [-0.2, -0.15) is 0 Å². The van der Waals surface area contributed by atoms with Gasteiger partial charge >= 0.3 is 0 Å². The van der Waals surface area contributed by atoms with E-state index in [2.05, 4.69) is 27.8 Å². The van der Waals surface area contributed by atoms with Crippen LogP contribution in [-0.2, 0) is 0 Å². The predicted octanol–water partition coefficient (Wildman–Crippen LogP) is 2.11. The van der Waals surface area contributed by atoms with Crippen molar-refractivity contribution >= 4 is 15.9 Å². The molecule has 0 saturated carbocycles. The Morgan fingerprint density at radius 3 is 2.81 bits per heavy atom. The standard InChI is InChI=1S/C12H19BrN2O/c1-2-15(7-6-14)8-9-16-12-5-3-4-11(13)10-12/h3-5,10H,2,6-9,14H2,1H3. The van der Waals surface area contributed by atoms with E-state index in [1.54, 1.807) is 0 Å². The molecule has 1 rings (SSSR count). The summed E-state index contributed by atoms with van der Waals surface area (Å²) in [5.74, 6) is 0.901. The summed E-state index contributed by atoms with van der Waals surface area (Å²) in [4.78, 5) is 2.28. The Bertz CT molecular complexity index is 307. The van der Waals surface area contributed by atoms with Gasteiger partial charge in [-0.15, -0.1) is 0 Å². The van der Waals surface area contributed by atoms with Crippen molar-refractivity contribution < 1.29 is 4.74 Å². The number of rotatable bonds is 7. The van der Waals surface area contributed by atoms with Crippen LogP contribution in [0.3, 0.4) is 0 Å². The molecule has 0 radical (unpaired) electrons. The van der Waals surface area contributed by atoms with Gasteiger partial charge in [0.1, 0.15) is 12.4 Å². The molecule has 0 aliphatic carbocycles. The minimum atomic E-state index is 0.699. The number of ether oxygens (including phenoxy) is 1. The molecule has 0 bridgehead atoms. The summed E-state index contributed by atoms with van der Waals surface area (Å²) in [5.41, 5.74) is 5.52. The lowest BCUT2D eigenvalue weighted by atomic mass is 10.3. The monoisotopic (exact) mass is 286 g/mol. The van der Waals surface area contributed by atoms with Crippen molar-refractivity contribution in [2.24, 2.45) is 5.73 Å². The van der Waals surface area contributed by atoms with Crippen LogP contribution in [0.15, 0.2) is 28.7 Å². The number of halogens is 1. The van der Waals surface area contributed by atoms with E-state index >= 15 is 0 Å². The van der Waals surface area contributed by atoms with Gasteiger partial charge in [0.05, 0.1) is 0 Å². The van der Waals surface area contributed by atoms with E-state index in [1.807, 2.05) is 24.3 Å². The molecular weight excluding hydrogens is 268 g/mol. The Hall–Kier alpha value is -0.580. The number of hydrogen-bond donors (Lipinski definition) is 1. The smallest absolute Gasteiger partial charge is 0.120 e. The molecule has 0 aromatic heterocycles. The van der Waals surface area contributed by atoms with E-state index in [0.717, 1.165) is 29.9 Å². The highest BCUT2D eigenvalue weighted by Gasteiger charge is 2.01. The molecule has 0 saturated heterocycles. The maximum atomic E-state index is 5.65. The molecule has 0 aliphatic heterocycles. The summed E-state index contributed by atoms with van der Waals surface area (Å²) >= 11 is 3.41. The molecule has 1 aromatic rings. The van der Waals surface area contributed by atoms with Gasteiger partial charge in [0, 0.05) is 24.1 Å². The van der Waals surface area contributed by atoms with Crippen molar-refractivity contribution in [1.29, 1.82) is 0 Å². The number of hydrogen-bond acceptors (Lipinski definition) is 3. The molecule has 0 heterocycles. The molecule has 2 N–H and O–H groups in total. The topological polar surface area (TPSA) is 38.5 Å². The van der Waals surface area contributed by atoms with E-state index < -0.39 is 0 Å². The van der Waals surface area contributed by atoms with Crippen molar-refractivity contribution in [3.8, 4) is 5.75 Å². The van der Waals surface area contributed by atoms with Gasteiger partial charge in [-0.1, -0.05) is 28.9 Å². The van der Waals surface area contributed by atoms with Gasteiger partial charge in [-0.05, 0) is 24.7 Å². The summed E-state index contributed by atoms with van der Waals surface area (Å²) in [6.45, 7) is 6.39. The van der Waals surface area contributed by atoms with E-state index in [4.69, 9.17) is 10.5 Å². The maximum Gasteiger partial charge on any atom is 0.120 e. The van der Waals surface area contributed by atoms with E-state index in [-0.39, 0.29) is 0 Å². The summed E-state index contributed by atoms with van der Waals surface area (Å²) in [7, 11) is 0. The Morgan fingerprint density at radius 1 is 1.38 bits per heavy atom. The largest absolute Gasteiger partial charge is 0.492 e. The molecule has 16 heavy (non-hydrogen) atoms. The van der Waals surface area contributed by atoms with Crippen LogP contribution in [0.25, 0.3) is 0 Å². The third kappa shape index (κ3) is 4.96. The minimum absolute atomic E-state index is 0.699. The van der Waals surface area contributed by atoms with Crippen molar-refractivity contribution in [3.05, 3.63) is 28.7 Å². The van der Waals surface area contributed by atoms with Gasteiger partial charge in [0.25, 0.3) is 0 Å². The average Bonchev–Trinajstić information content (AvgIpc) is 2.28. The van der Waals surface area contributed by atoms with Crippen molar-refractivity contribution in [1.82, 2.24) is 4.90 Å². The van der Waals surface area contributed by atoms with Crippen molar-refractivity contribution in [2.45, 2.75) is 6.92 Å². The van der Waals surface area contributed by atoms with E-state index in [1.165, 1.54) is 0 Å². The molecule has 90 valence electrons. The number of likely N-dealkylation sites (N-methyl/N-ethyl adjacent to an activating group) is 1. The molecule has 0 amide bonds. The first kappa shape index (κ1) is 13.5. The first-order chi connectivity index (χ1) is 7.76. The normalized spacial score (nSPS) is 10.8. The molecule has 0 atom stereocenters. The van der Waals surface area contributed by atoms with Gasteiger partial charge in [0.2, 0.25) is 0 Å². The molecule has 1 aromatic carbocycles. The molecule has 4 heteroatoms. The lowest BCUT2D eigenvalue weighted by Gasteiger charge is -2.19. The Balaban J connectivity index is 2.29. The zero-order valence-corrected chi connectivity index (χ0v) is 11.2. The summed E-state index contributed by atoms with van der Waals surface area (Å²) < 4.78 is 6.69. The Labute approximate surface area is 106 Å². The fraction of sp³-hybridized carbons (Fsp3) is 0.500. The minimum Gasteiger partial charge on any atom is -0.492 e. The van der Waals surface area contributed by atoms with Gasteiger partial charge in [-0.25, -0.2) is 0 Å². The quantitative estimate of drug-likeness (QED) is 0.834. The van der Waals surface area contributed by atoms with Gasteiger partial charge in [-0.3, -0.25) is 4.90 Å². The van der Waals surface area contributed by atoms with Crippen LogP contribution in [0.2, 0.25) is 0 Å². The van der Waals surface area contributed by atoms with E-state index in [9.17, 15) is 0 Å². The van der Waals surface area contributed by atoms with Crippen LogP contribution < -0.4 is 10.5 Å². The molecule has 0 aliphatic rings. The Morgan fingerprint density at radius 2 is 2.19 bits per heavy atom. The third-order valence-corrected chi connectivity index (χ3v) is 2.86. The zero-order valence-electron chi connectivity index (χ0n) is 9.66. The van der Waals surface area contributed by atoms with Crippen LogP contribution in [0.1, 0.15) is 6.92 Å². The zero-order chi connectivity index (χ0) is 11.8. The highest BCUT2D eigenvalue weighted by atomic mass is 79.9. The summed E-state index contributed by atoms with van der Waals surface area (Å²) in [6.07, 6.45) is 0. The molecular formula is C12H19BrN2O. The van der Waals surface area contributed by atoms with Crippen molar-refractivity contribution in [3.63, 3.8) is 0 Å². The van der Waals surface area contributed by atoms with Crippen molar-refractivity contribution in [2.75, 3.05) is 32.8 Å². The van der Waals surface area contributed by atoms with Crippen LogP contribution in [-0.4, -0.2) is 37.7 Å². The van der Waals surface area contributed by atoms with Crippen LogP contribution >= 0.6 is 15.9 Å². The molecule has 0 fully saturated rings.